The maximum atomic E-state index is 3.58. The highest BCUT2D eigenvalue weighted by Crippen LogP contribution is 2.31. The van der Waals surface area contributed by atoms with Crippen LogP contribution >= 0.6 is 0 Å². The van der Waals surface area contributed by atoms with Crippen molar-refractivity contribution in [2.75, 3.05) is 6.54 Å². The van der Waals surface area contributed by atoms with E-state index < -0.39 is 0 Å². The van der Waals surface area contributed by atoms with E-state index in [0.717, 1.165) is 5.92 Å². The molecule has 1 aliphatic heterocycles. The second-order valence-corrected chi connectivity index (χ2v) is 4.22. The van der Waals surface area contributed by atoms with Crippen molar-refractivity contribution in [2.45, 2.75) is 38.6 Å². The molecule has 1 fully saturated rings. The van der Waals surface area contributed by atoms with Crippen molar-refractivity contribution < 1.29 is 0 Å². The first kappa shape index (κ1) is 9.72. The lowest BCUT2D eigenvalue weighted by atomic mass is 9.88. The zero-order valence-electron chi connectivity index (χ0n) is 9.09. The van der Waals surface area contributed by atoms with Crippen molar-refractivity contribution in [2.24, 2.45) is 0 Å². The number of benzene rings is 1. The van der Waals surface area contributed by atoms with E-state index in [1.807, 2.05) is 0 Å². The van der Waals surface area contributed by atoms with Gasteiger partial charge in [-0.05, 0) is 37.4 Å². The lowest BCUT2D eigenvalue weighted by molar-refractivity contribution is 0.530. The Morgan fingerprint density at radius 3 is 2.86 bits per heavy atom. The van der Waals surface area contributed by atoms with E-state index in [1.165, 1.54) is 24.9 Å². The molecule has 0 saturated carbocycles. The maximum Gasteiger partial charge on any atom is 0.0134 e. The fourth-order valence-corrected chi connectivity index (χ4v) is 2.57. The zero-order chi connectivity index (χ0) is 9.97. The van der Waals surface area contributed by atoms with Gasteiger partial charge in [-0.1, -0.05) is 31.2 Å². The van der Waals surface area contributed by atoms with E-state index in [4.69, 9.17) is 0 Å². The summed E-state index contributed by atoms with van der Waals surface area (Å²) >= 11 is 0. The molecule has 0 amide bonds. The van der Waals surface area contributed by atoms with Gasteiger partial charge in [0.1, 0.15) is 0 Å². The van der Waals surface area contributed by atoms with Crippen molar-refractivity contribution in [3.05, 3.63) is 35.4 Å². The Bertz CT molecular complexity index is 306. The van der Waals surface area contributed by atoms with Crippen LogP contribution in [0.15, 0.2) is 24.3 Å². The van der Waals surface area contributed by atoms with Gasteiger partial charge < -0.3 is 5.32 Å². The molecule has 1 aromatic rings. The summed E-state index contributed by atoms with van der Waals surface area (Å²) in [6.45, 7) is 5.67. The monoisotopic (exact) mass is 189 g/mol. The molecule has 1 saturated heterocycles. The molecule has 14 heavy (non-hydrogen) atoms. The van der Waals surface area contributed by atoms with Crippen LogP contribution in [0.25, 0.3) is 0 Å². The summed E-state index contributed by atoms with van der Waals surface area (Å²) in [7, 11) is 0. The van der Waals surface area contributed by atoms with Gasteiger partial charge in [0.25, 0.3) is 0 Å². The van der Waals surface area contributed by atoms with Crippen LogP contribution in [0.2, 0.25) is 0 Å². The number of hydrogen-bond acceptors (Lipinski definition) is 1. The number of rotatable bonds is 2. The molecule has 1 aliphatic rings. The first-order valence-electron chi connectivity index (χ1n) is 5.62. The lowest BCUT2D eigenvalue weighted by Crippen LogP contribution is -2.25. The smallest absolute Gasteiger partial charge is 0.0134 e. The molecular formula is C13H19N. The molecule has 0 aromatic heterocycles. The van der Waals surface area contributed by atoms with Crippen LogP contribution in [0.3, 0.4) is 0 Å². The lowest BCUT2D eigenvalue weighted by Gasteiger charge is -2.20. The quantitative estimate of drug-likeness (QED) is 0.754. The molecule has 0 bridgehead atoms. The Morgan fingerprint density at radius 2 is 2.14 bits per heavy atom. The Kier molecular flexibility index (Phi) is 2.87. The fourth-order valence-electron chi connectivity index (χ4n) is 2.57. The normalized spacial score (nSPS) is 26.7. The molecule has 2 rings (SSSR count). The molecule has 0 radical (unpaired) electrons. The molecule has 0 spiro atoms. The first-order valence-corrected chi connectivity index (χ1v) is 5.62. The van der Waals surface area contributed by atoms with Gasteiger partial charge >= 0.3 is 0 Å². The van der Waals surface area contributed by atoms with Crippen molar-refractivity contribution in [3.8, 4) is 0 Å². The summed E-state index contributed by atoms with van der Waals surface area (Å²) in [5, 5.41) is 3.58. The number of hydrogen-bond donors (Lipinski definition) is 1. The zero-order valence-corrected chi connectivity index (χ0v) is 9.09. The molecule has 2 atom stereocenters. The molecule has 0 aliphatic carbocycles. The molecule has 1 aromatic carbocycles. The van der Waals surface area contributed by atoms with Gasteiger partial charge in [0.2, 0.25) is 0 Å². The highest BCUT2D eigenvalue weighted by Gasteiger charge is 2.27. The third-order valence-corrected chi connectivity index (χ3v) is 3.38. The minimum atomic E-state index is 0.691. The van der Waals surface area contributed by atoms with Crippen LogP contribution in [-0.4, -0.2) is 12.6 Å². The number of aryl methyl sites for hydroxylation is 1. The van der Waals surface area contributed by atoms with E-state index in [0.29, 0.717) is 6.04 Å². The van der Waals surface area contributed by atoms with Gasteiger partial charge in [0.15, 0.2) is 0 Å². The average Bonchev–Trinajstić information content (AvgIpc) is 2.66. The third kappa shape index (κ3) is 1.69. The Balaban J connectivity index is 2.26. The van der Waals surface area contributed by atoms with Crippen LogP contribution < -0.4 is 5.32 Å². The minimum absolute atomic E-state index is 0.691. The fraction of sp³-hybridized carbons (Fsp3) is 0.538. The van der Waals surface area contributed by atoms with Gasteiger partial charge in [0, 0.05) is 12.0 Å². The summed E-state index contributed by atoms with van der Waals surface area (Å²) in [4.78, 5) is 0. The van der Waals surface area contributed by atoms with E-state index >= 15 is 0 Å². The minimum Gasteiger partial charge on any atom is -0.313 e. The summed E-state index contributed by atoms with van der Waals surface area (Å²) < 4.78 is 0. The van der Waals surface area contributed by atoms with E-state index in [-0.39, 0.29) is 0 Å². The summed E-state index contributed by atoms with van der Waals surface area (Å²) in [6.07, 6.45) is 2.53. The Hall–Kier alpha value is -0.820. The van der Waals surface area contributed by atoms with E-state index in [2.05, 4.69) is 43.4 Å². The standard InChI is InChI=1S/C13H19N/c1-3-13-12(8-9-14-13)11-7-5-4-6-10(11)2/h4-7,12-14H,3,8-9H2,1-2H3. The van der Waals surface area contributed by atoms with E-state index in [1.54, 1.807) is 5.56 Å². The van der Waals surface area contributed by atoms with E-state index in [9.17, 15) is 0 Å². The summed E-state index contributed by atoms with van der Waals surface area (Å²) in [5.74, 6) is 0.737. The van der Waals surface area contributed by atoms with Gasteiger partial charge in [-0.3, -0.25) is 0 Å². The predicted octanol–water partition coefficient (Wildman–Crippen LogP) is 2.85. The van der Waals surface area contributed by atoms with Crippen molar-refractivity contribution in [3.63, 3.8) is 0 Å². The average molecular weight is 189 g/mol. The van der Waals surface area contributed by atoms with Crippen LogP contribution in [0.5, 0.6) is 0 Å². The largest absolute Gasteiger partial charge is 0.313 e. The summed E-state index contributed by atoms with van der Waals surface area (Å²) in [5.41, 5.74) is 2.99. The predicted molar refractivity (Wildman–Crippen MR) is 60.6 cm³/mol. The van der Waals surface area contributed by atoms with Gasteiger partial charge in [-0.25, -0.2) is 0 Å². The highest BCUT2D eigenvalue weighted by molar-refractivity contribution is 5.31. The summed E-state index contributed by atoms with van der Waals surface area (Å²) in [6, 6.07) is 9.49. The maximum absolute atomic E-state index is 3.58. The van der Waals surface area contributed by atoms with Gasteiger partial charge in [0.05, 0.1) is 0 Å². The molecule has 1 heteroatoms. The van der Waals surface area contributed by atoms with Gasteiger partial charge in [-0.15, -0.1) is 0 Å². The van der Waals surface area contributed by atoms with Crippen LogP contribution in [0.4, 0.5) is 0 Å². The van der Waals surface area contributed by atoms with Crippen molar-refractivity contribution in [1.29, 1.82) is 0 Å². The molecule has 2 unspecified atom stereocenters. The Morgan fingerprint density at radius 1 is 1.36 bits per heavy atom. The molecule has 1 N–H and O–H groups in total. The van der Waals surface area contributed by atoms with Crippen molar-refractivity contribution >= 4 is 0 Å². The van der Waals surface area contributed by atoms with Crippen molar-refractivity contribution in [1.82, 2.24) is 5.32 Å². The topological polar surface area (TPSA) is 12.0 Å². The molecule has 76 valence electrons. The molecular weight excluding hydrogens is 170 g/mol. The molecule has 1 nitrogen and oxygen atoms in total. The number of nitrogens with one attached hydrogen (secondary N) is 1. The van der Waals surface area contributed by atoms with Crippen LogP contribution in [-0.2, 0) is 0 Å². The SMILES string of the molecule is CCC1NCCC1c1ccccc1C. The Labute approximate surface area is 86.5 Å². The van der Waals surface area contributed by atoms with Crippen LogP contribution in [0.1, 0.15) is 36.8 Å². The third-order valence-electron chi connectivity index (χ3n) is 3.38. The van der Waals surface area contributed by atoms with Crippen LogP contribution in [0, 0.1) is 6.92 Å². The van der Waals surface area contributed by atoms with Gasteiger partial charge in [-0.2, -0.15) is 0 Å². The molecule has 1 heterocycles. The second kappa shape index (κ2) is 4.14. The first-order chi connectivity index (χ1) is 6.83. The highest BCUT2D eigenvalue weighted by atomic mass is 14.9. The second-order valence-electron chi connectivity index (χ2n) is 4.22.